The summed E-state index contributed by atoms with van der Waals surface area (Å²) in [5.74, 6) is 1.03. The molecule has 0 saturated carbocycles. The second kappa shape index (κ2) is 16.9. The number of nitrogens with zero attached hydrogens (tertiary/aromatic N) is 5. The average Bonchev–Trinajstić information content (AvgIpc) is 3.46. The molecule has 2 aliphatic heterocycles. The normalized spacial score (nSPS) is 15.9. The monoisotopic (exact) mass is 708 g/mol. The molecule has 0 bridgehead atoms. The zero-order valence-corrected chi connectivity index (χ0v) is 29.9. The fourth-order valence-corrected chi connectivity index (χ4v) is 6.23. The first-order chi connectivity index (χ1) is 24.8. The quantitative estimate of drug-likeness (QED) is 0.109. The van der Waals surface area contributed by atoms with Gasteiger partial charge >= 0.3 is 0 Å². The topological polar surface area (TPSA) is 93.9 Å². The second-order valence-electron chi connectivity index (χ2n) is 12.5. The molecule has 1 N–H and O–H groups in total. The zero-order valence-electron chi connectivity index (χ0n) is 29.1. The second-order valence-corrected chi connectivity index (χ2v) is 13.0. The predicted octanol–water partition coefficient (Wildman–Crippen LogP) is 8.45. The van der Waals surface area contributed by atoms with Crippen LogP contribution in [0.15, 0.2) is 83.9 Å². The Labute approximate surface area is 302 Å². The molecule has 0 unspecified atom stereocenters. The van der Waals surface area contributed by atoms with Crippen molar-refractivity contribution < 1.29 is 18.7 Å². The summed E-state index contributed by atoms with van der Waals surface area (Å²) in [7, 11) is 1.91. The molecule has 2 aliphatic rings. The van der Waals surface area contributed by atoms with Crippen LogP contribution in [0.5, 0.6) is 5.88 Å². The third kappa shape index (κ3) is 9.07. The van der Waals surface area contributed by atoms with Gasteiger partial charge < -0.3 is 19.4 Å². The fraction of sp³-hybridized carbons (Fsp3) is 0.300. The van der Waals surface area contributed by atoms with Crippen molar-refractivity contribution in [1.82, 2.24) is 19.4 Å². The molecule has 3 aromatic carbocycles. The van der Waals surface area contributed by atoms with Gasteiger partial charge in [0.05, 0.1) is 41.6 Å². The van der Waals surface area contributed by atoms with Crippen molar-refractivity contribution in [2.75, 3.05) is 32.1 Å². The third-order valence-corrected chi connectivity index (χ3v) is 9.26. The maximum absolute atomic E-state index is 14.1. The number of anilines is 1. The highest BCUT2D eigenvalue weighted by molar-refractivity contribution is 6.30. The number of hydrogen-bond donors (Lipinski definition) is 1. The maximum Gasteiger partial charge on any atom is 0.214 e. The number of aliphatic imine (C=N–C) groups is 1. The SMILES string of the molecule is CC=Nc1ccc(NC)cc1C.O=Cc1ccc2c(c1)nc(CN1CC=C(c3cccc(OCc4ccc(Cl)cc4F)n3)CC1)n2C[C@@H]1CCO1. The molecule has 5 aromatic rings. The minimum Gasteiger partial charge on any atom is -0.473 e. The number of carbonyl (C=O) groups is 1. The van der Waals surface area contributed by atoms with Gasteiger partial charge in [0.1, 0.15) is 24.5 Å². The standard InChI is InChI=1S/C30H28ClFN4O3.C10H14N2/c31-23-6-5-22(25(32)15-23)19-39-30-3-1-2-26(34-30)21-8-11-35(12-9-21)17-29-33-27-14-20(18-37)4-7-28(27)36(29)16-24-10-13-38-24;1-4-12-10-6-5-9(11-3)7-8(10)2/h1-8,14-15,18,24H,9-13,16-17,19H2;4-7,11H,1-3H3/t24-;/m0./s1. The van der Waals surface area contributed by atoms with E-state index < -0.39 is 5.82 Å². The van der Waals surface area contributed by atoms with Crippen LogP contribution in [0.3, 0.4) is 0 Å². The van der Waals surface area contributed by atoms with Gasteiger partial charge in [0, 0.05) is 60.9 Å². The maximum atomic E-state index is 14.1. The first-order valence-corrected chi connectivity index (χ1v) is 17.5. The summed E-state index contributed by atoms with van der Waals surface area (Å²) in [4.78, 5) is 27.4. The molecule has 11 heteroatoms. The van der Waals surface area contributed by atoms with Crippen molar-refractivity contribution in [1.29, 1.82) is 0 Å². The van der Waals surface area contributed by atoms with Crippen LogP contribution in [-0.2, 0) is 24.4 Å². The Kier molecular flexibility index (Phi) is 11.9. The Morgan fingerprint density at radius 3 is 2.67 bits per heavy atom. The number of pyridine rings is 1. The first-order valence-electron chi connectivity index (χ1n) is 17.1. The van der Waals surface area contributed by atoms with Crippen molar-refractivity contribution in [3.05, 3.63) is 118 Å². The molecule has 264 valence electrons. The van der Waals surface area contributed by atoms with Crippen molar-refractivity contribution in [2.45, 2.75) is 52.5 Å². The van der Waals surface area contributed by atoms with Gasteiger partial charge in [0.15, 0.2) is 0 Å². The van der Waals surface area contributed by atoms with Crippen LogP contribution in [-0.4, -0.2) is 64.8 Å². The van der Waals surface area contributed by atoms with E-state index in [9.17, 15) is 9.18 Å². The van der Waals surface area contributed by atoms with E-state index in [0.717, 1.165) is 84.9 Å². The van der Waals surface area contributed by atoms with E-state index in [2.05, 4.69) is 43.8 Å². The van der Waals surface area contributed by atoms with Crippen LogP contribution in [0, 0.1) is 12.7 Å². The zero-order chi connectivity index (χ0) is 35.7. The van der Waals surface area contributed by atoms with Crippen molar-refractivity contribution >= 4 is 52.1 Å². The molecule has 2 aromatic heterocycles. The highest BCUT2D eigenvalue weighted by Crippen LogP contribution is 2.27. The molecule has 4 heterocycles. The van der Waals surface area contributed by atoms with Crippen LogP contribution in [0.4, 0.5) is 15.8 Å². The number of halogens is 2. The number of benzene rings is 3. The number of aryl methyl sites for hydroxylation is 1. The number of fused-ring (bicyclic) bond motifs is 1. The van der Waals surface area contributed by atoms with Crippen LogP contribution < -0.4 is 10.1 Å². The number of aromatic nitrogens is 3. The Morgan fingerprint density at radius 1 is 1.12 bits per heavy atom. The lowest BCUT2D eigenvalue weighted by Gasteiger charge is -2.29. The van der Waals surface area contributed by atoms with E-state index in [4.69, 9.17) is 26.1 Å². The summed E-state index contributed by atoms with van der Waals surface area (Å²) >= 11 is 5.84. The highest BCUT2D eigenvalue weighted by atomic mass is 35.5. The van der Waals surface area contributed by atoms with Gasteiger partial charge in [0.25, 0.3) is 0 Å². The average molecular weight is 709 g/mol. The highest BCUT2D eigenvalue weighted by Gasteiger charge is 2.24. The molecule has 1 atom stereocenters. The van der Waals surface area contributed by atoms with Crippen LogP contribution in [0.25, 0.3) is 16.6 Å². The van der Waals surface area contributed by atoms with Crippen LogP contribution >= 0.6 is 11.6 Å². The van der Waals surface area contributed by atoms with Gasteiger partial charge in [-0.1, -0.05) is 29.8 Å². The number of aldehydes is 1. The third-order valence-electron chi connectivity index (χ3n) is 9.02. The fourth-order valence-electron chi connectivity index (χ4n) is 6.07. The molecule has 7 rings (SSSR count). The molecule has 0 aliphatic carbocycles. The Balaban J connectivity index is 0.000000318. The molecule has 0 radical (unpaired) electrons. The Morgan fingerprint density at radius 2 is 1.98 bits per heavy atom. The number of hydrogen-bond acceptors (Lipinski definition) is 8. The lowest BCUT2D eigenvalue weighted by atomic mass is 10.0. The number of nitrogens with one attached hydrogen (secondary N) is 1. The molecule has 1 saturated heterocycles. The minimum atomic E-state index is -0.397. The van der Waals surface area contributed by atoms with Gasteiger partial charge in [0.2, 0.25) is 5.88 Å². The van der Waals surface area contributed by atoms with Crippen LogP contribution in [0.2, 0.25) is 5.02 Å². The summed E-state index contributed by atoms with van der Waals surface area (Å²) in [6.45, 7) is 7.95. The van der Waals surface area contributed by atoms with E-state index in [-0.39, 0.29) is 12.7 Å². The minimum absolute atomic E-state index is 0.0769. The number of rotatable bonds is 11. The largest absolute Gasteiger partial charge is 0.473 e. The van der Waals surface area contributed by atoms with Crippen molar-refractivity contribution in [3.8, 4) is 5.88 Å². The molecular formula is C40H42ClFN6O3. The van der Waals surface area contributed by atoms with Gasteiger partial charge in [-0.2, -0.15) is 0 Å². The Bertz CT molecular complexity index is 2060. The lowest BCUT2D eigenvalue weighted by Crippen LogP contribution is -2.33. The van der Waals surface area contributed by atoms with E-state index in [1.807, 2.05) is 56.4 Å². The van der Waals surface area contributed by atoms with Gasteiger partial charge in [-0.25, -0.2) is 14.4 Å². The van der Waals surface area contributed by atoms with Crippen molar-refractivity contribution in [2.24, 2.45) is 4.99 Å². The van der Waals surface area contributed by atoms with Gasteiger partial charge in [-0.15, -0.1) is 0 Å². The van der Waals surface area contributed by atoms with E-state index in [0.29, 0.717) is 28.6 Å². The predicted molar refractivity (Wildman–Crippen MR) is 202 cm³/mol. The Hall–Kier alpha value is -4.90. The van der Waals surface area contributed by atoms with Crippen LogP contribution in [0.1, 0.15) is 52.8 Å². The summed E-state index contributed by atoms with van der Waals surface area (Å²) in [5.41, 5.74) is 8.29. The summed E-state index contributed by atoms with van der Waals surface area (Å²) in [6.07, 6.45) is 6.95. The smallest absolute Gasteiger partial charge is 0.214 e. The first kappa shape index (κ1) is 35.9. The van der Waals surface area contributed by atoms with Crippen molar-refractivity contribution in [3.63, 3.8) is 0 Å². The van der Waals surface area contributed by atoms with Gasteiger partial charge in [-0.3, -0.25) is 14.7 Å². The molecular weight excluding hydrogens is 667 g/mol. The molecule has 0 amide bonds. The summed E-state index contributed by atoms with van der Waals surface area (Å²) in [5, 5.41) is 3.44. The number of imidazole rings is 1. The molecule has 9 nitrogen and oxygen atoms in total. The molecule has 51 heavy (non-hydrogen) atoms. The lowest BCUT2D eigenvalue weighted by molar-refractivity contribution is -0.0591. The molecule has 0 spiro atoms. The number of carbonyl (C=O) groups excluding carboxylic acids is 1. The van der Waals surface area contributed by atoms with E-state index in [1.165, 1.54) is 11.6 Å². The van der Waals surface area contributed by atoms with E-state index >= 15 is 0 Å². The molecule has 1 fully saturated rings. The van der Waals surface area contributed by atoms with Gasteiger partial charge in [-0.05, 0) is 92.4 Å². The van der Waals surface area contributed by atoms with E-state index in [1.54, 1.807) is 24.4 Å². The number of ether oxygens (including phenoxy) is 2. The summed E-state index contributed by atoms with van der Waals surface area (Å²) < 4.78 is 27.8. The summed E-state index contributed by atoms with van der Waals surface area (Å²) in [6, 6.07) is 22.0.